The van der Waals surface area contributed by atoms with Crippen molar-refractivity contribution in [3.05, 3.63) is 70.7 Å². The Morgan fingerprint density at radius 1 is 1.18 bits per heavy atom. The third-order valence-electron chi connectivity index (χ3n) is 5.32. The van der Waals surface area contributed by atoms with Crippen molar-refractivity contribution in [1.29, 1.82) is 0 Å². The number of para-hydroxylation sites is 1. The van der Waals surface area contributed by atoms with Crippen LogP contribution in [0.3, 0.4) is 0 Å². The molecule has 1 aliphatic heterocycles. The number of thiocarbonyl (C=S) groups is 1. The van der Waals surface area contributed by atoms with Crippen LogP contribution in [0.5, 0.6) is 5.75 Å². The number of ether oxygens (including phenoxy) is 1. The molecule has 1 aliphatic rings. The summed E-state index contributed by atoms with van der Waals surface area (Å²) in [4.78, 5) is 41.3. The lowest BCUT2D eigenvalue weighted by Gasteiger charge is -2.21. The SMILES string of the molecule is COc1ccc(NC(=O)CC2C(=O)N(c3ccccc3)C(=S)N2Cc2c(=O)o[nH][n+]2C)cc1. The van der Waals surface area contributed by atoms with E-state index in [1.165, 1.54) is 9.58 Å². The first-order valence-corrected chi connectivity index (χ1v) is 10.5. The Hall–Kier alpha value is -3.99. The number of rotatable bonds is 7. The van der Waals surface area contributed by atoms with Gasteiger partial charge in [-0.15, -0.1) is 0 Å². The van der Waals surface area contributed by atoms with Crippen LogP contribution in [0.2, 0.25) is 0 Å². The lowest BCUT2D eigenvalue weighted by molar-refractivity contribution is -0.746. The molecule has 1 atom stereocenters. The smallest absolute Gasteiger partial charge is 0.431 e. The minimum absolute atomic E-state index is 0.00325. The standard InChI is InChI=1S/C22H21N5O5S/c1-25-18(21(30)32-24-25)13-26-17(12-19(28)23-14-8-10-16(31-2)11-9-14)20(29)27(22(26)33)15-6-4-3-5-7-15/h3-11,17H,12-13H2,1-2H3,(H-,23,24,28,30)/p+1. The first kappa shape index (κ1) is 22.2. The Bertz CT molecular complexity index is 1240. The van der Waals surface area contributed by atoms with E-state index in [2.05, 4.69) is 10.6 Å². The number of hydrogen-bond acceptors (Lipinski definition) is 6. The molecule has 11 heteroatoms. The van der Waals surface area contributed by atoms with Crippen molar-refractivity contribution in [3.8, 4) is 5.75 Å². The van der Waals surface area contributed by atoms with E-state index in [0.29, 0.717) is 17.1 Å². The predicted molar refractivity (Wildman–Crippen MR) is 123 cm³/mol. The Labute approximate surface area is 194 Å². The Balaban J connectivity index is 1.60. The largest absolute Gasteiger partial charge is 0.497 e. The summed E-state index contributed by atoms with van der Waals surface area (Å²) in [6.45, 7) is -0.00325. The molecule has 2 aromatic carbocycles. The van der Waals surface area contributed by atoms with Crippen molar-refractivity contribution < 1.29 is 23.5 Å². The molecule has 1 saturated heterocycles. The minimum Gasteiger partial charge on any atom is -0.497 e. The van der Waals surface area contributed by atoms with Crippen molar-refractivity contribution in [2.75, 3.05) is 17.3 Å². The number of nitrogens with zero attached hydrogens (tertiary/aromatic N) is 3. The van der Waals surface area contributed by atoms with Gasteiger partial charge in [0.25, 0.3) is 5.91 Å². The zero-order chi connectivity index (χ0) is 23.5. The summed E-state index contributed by atoms with van der Waals surface area (Å²) in [6, 6.07) is 14.9. The summed E-state index contributed by atoms with van der Waals surface area (Å²) in [7, 11) is 3.17. The van der Waals surface area contributed by atoms with E-state index in [1.807, 2.05) is 6.07 Å². The molecule has 1 aromatic heterocycles. The van der Waals surface area contributed by atoms with Gasteiger partial charge in [0.05, 0.1) is 19.2 Å². The van der Waals surface area contributed by atoms with Crippen LogP contribution >= 0.6 is 12.2 Å². The lowest BCUT2D eigenvalue weighted by Crippen LogP contribution is -2.44. The van der Waals surface area contributed by atoms with Gasteiger partial charge in [0, 0.05) is 5.69 Å². The van der Waals surface area contributed by atoms with Crippen molar-refractivity contribution in [1.82, 2.24) is 10.2 Å². The number of nitrogens with one attached hydrogen (secondary N) is 2. The molecule has 170 valence electrons. The van der Waals surface area contributed by atoms with Gasteiger partial charge in [-0.1, -0.05) is 22.9 Å². The van der Waals surface area contributed by atoms with Crippen LogP contribution in [0.15, 0.2) is 63.9 Å². The highest BCUT2D eigenvalue weighted by Gasteiger charge is 2.45. The molecule has 1 unspecified atom stereocenters. The number of anilines is 2. The molecule has 33 heavy (non-hydrogen) atoms. The average Bonchev–Trinajstić information content (AvgIpc) is 3.25. The molecule has 2 amide bonds. The number of benzene rings is 2. The zero-order valence-electron chi connectivity index (χ0n) is 18.0. The molecular weight excluding hydrogens is 446 g/mol. The zero-order valence-corrected chi connectivity index (χ0v) is 18.8. The molecule has 2 heterocycles. The van der Waals surface area contributed by atoms with Gasteiger partial charge in [0.1, 0.15) is 18.3 Å². The molecule has 0 saturated carbocycles. The van der Waals surface area contributed by atoms with E-state index < -0.39 is 11.7 Å². The van der Waals surface area contributed by atoms with Crippen molar-refractivity contribution in [2.24, 2.45) is 7.05 Å². The van der Waals surface area contributed by atoms with Crippen LogP contribution in [0.1, 0.15) is 12.1 Å². The predicted octanol–water partition coefficient (Wildman–Crippen LogP) is 1.33. The number of aromatic amines is 1. The number of amides is 2. The molecule has 0 aliphatic carbocycles. The van der Waals surface area contributed by atoms with Crippen LogP contribution < -0.4 is 25.3 Å². The van der Waals surface area contributed by atoms with Crippen molar-refractivity contribution >= 4 is 40.5 Å². The number of carbonyl (C=O) groups is 2. The van der Waals surface area contributed by atoms with Crippen LogP contribution in [0.25, 0.3) is 0 Å². The first-order valence-electron chi connectivity index (χ1n) is 10.1. The fourth-order valence-electron chi connectivity index (χ4n) is 3.58. The van der Waals surface area contributed by atoms with Crippen LogP contribution in [0.4, 0.5) is 11.4 Å². The number of hydrogen-bond donors (Lipinski definition) is 2. The molecule has 2 N–H and O–H groups in total. The van der Waals surface area contributed by atoms with E-state index in [1.54, 1.807) is 67.6 Å². The minimum atomic E-state index is -0.898. The number of carbonyl (C=O) groups excluding carboxylic acids is 2. The number of H-pyrrole nitrogens is 1. The van der Waals surface area contributed by atoms with Gasteiger partial charge in [0.15, 0.2) is 12.2 Å². The van der Waals surface area contributed by atoms with Gasteiger partial charge < -0.3 is 15.0 Å². The maximum Gasteiger partial charge on any atom is 0.431 e. The first-order chi connectivity index (χ1) is 15.9. The fraction of sp³-hybridized carbons (Fsp3) is 0.227. The van der Waals surface area contributed by atoms with Crippen molar-refractivity contribution in [3.63, 3.8) is 0 Å². The Morgan fingerprint density at radius 3 is 2.48 bits per heavy atom. The second kappa shape index (κ2) is 9.25. The second-order valence-corrected chi connectivity index (χ2v) is 7.77. The molecular formula is C22H22N5O5S+. The van der Waals surface area contributed by atoms with Crippen LogP contribution in [0, 0.1) is 0 Å². The highest BCUT2D eigenvalue weighted by Crippen LogP contribution is 2.28. The highest BCUT2D eigenvalue weighted by molar-refractivity contribution is 7.80. The average molecular weight is 469 g/mol. The third-order valence-corrected chi connectivity index (χ3v) is 5.74. The van der Waals surface area contributed by atoms with Gasteiger partial charge in [-0.05, 0) is 53.9 Å². The fourth-order valence-corrected chi connectivity index (χ4v) is 3.97. The Kier molecular flexibility index (Phi) is 6.22. The molecule has 0 spiro atoms. The van der Waals surface area contributed by atoms with E-state index in [0.717, 1.165) is 0 Å². The van der Waals surface area contributed by atoms with Gasteiger partial charge in [-0.2, -0.15) is 0 Å². The summed E-state index contributed by atoms with van der Waals surface area (Å²) < 4.78 is 11.4. The van der Waals surface area contributed by atoms with Crippen molar-refractivity contribution in [2.45, 2.75) is 19.0 Å². The summed E-state index contributed by atoms with van der Waals surface area (Å²) >= 11 is 5.60. The molecule has 0 bridgehead atoms. The summed E-state index contributed by atoms with van der Waals surface area (Å²) in [5.74, 6) is -0.0578. The second-order valence-electron chi connectivity index (χ2n) is 7.40. The topological polar surface area (TPSA) is 112 Å². The quantitative estimate of drug-likeness (QED) is 0.398. The number of aromatic nitrogens is 2. The molecule has 0 radical (unpaired) electrons. The Morgan fingerprint density at radius 2 is 1.88 bits per heavy atom. The summed E-state index contributed by atoms with van der Waals surface area (Å²) in [5, 5.41) is 5.44. The monoisotopic (exact) mass is 468 g/mol. The molecule has 10 nitrogen and oxygen atoms in total. The van der Waals surface area contributed by atoms with Crippen LogP contribution in [-0.2, 0) is 23.2 Å². The highest BCUT2D eigenvalue weighted by atomic mass is 32.1. The van der Waals surface area contributed by atoms with E-state index in [-0.39, 0.29) is 35.6 Å². The summed E-state index contributed by atoms with van der Waals surface area (Å²) in [5.41, 5.74) is 0.840. The maximum atomic E-state index is 13.4. The van der Waals surface area contributed by atoms with Gasteiger partial charge in [-0.3, -0.25) is 19.0 Å². The van der Waals surface area contributed by atoms with Crippen LogP contribution in [-0.4, -0.2) is 40.2 Å². The van der Waals surface area contributed by atoms with E-state index in [9.17, 15) is 14.4 Å². The normalized spacial score (nSPS) is 15.8. The maximum absolute atomic E-state index is 13.4. The molecule has 4 rings (SSSR count). The lowest BCUT2D eigenvalue weighted by atomic mass is 10.1. The van der Waals surface area contributed by atoms with E-state index in [4.69, 9.17) is 21.5 Å². The third kappa shape index (κ3) is 4.48. The van der Waals surface area contributed by atoms with Gasteiger partial charge in [0.2, 0.25) is 5.91 Å². The summed E-state index contributed by atoms with van der Waals surface area (Å²) in [6.07, 6.45) is -0.159. The number of methoxy groups -OCH3 is 1. The molecule has 1 fully saturated rings. The molecule has 3 aromatic rings. The van der Waals surface area contributed by atoms with Gasteiger partial charge >= 0.3 is 11.3 Å². The van der Waals surface area contributed by atoms with Gasteiger partial charge in [-0.25, -0.2) is 4.79 Å². The van der Waals surface area contributed by atoms with E-state index >= 15 is 0 Å². The number of aryl methyl sites for hydroxylation is 1.